The van der Waals surface area contributed by atoms with Crippen molar-refractivity contribution in [2.75, 3.05) is 19.0 Å². The predicted molar refractivity (Wildman–Crippen MR) is 55.7 cm³/mol. The van der Waals surface area contributed by atoms with Gasteiger partial charge in [-0.2, -0.15) is 16.8 Å². The Kier molecular flexibility index (Phi) is 3.02. The van der Waals surface area contributed by atoms with Gasteiger partial charge in [-0.1, -0.05) is 0 Å². The smallest absolute Gasteiger partial charge is 0.270 e. The van der Waals surface area contributed by atoms with Crippen molar-refractivity contribution >= 4 is 20.2 Å². The monoisotopic (exact) mass is 270 g/mol. The quantitative estimate of drug-likeness (QED) is 0.641. The maximum atomic E-state index is 11.3. The third-order valence-electron chi connectivity index (χ3n) is 3.12. The van der Waals surface area contributed by atoms with Gasteiger partial charge in [-0.15, -0.1) is 0 Å². The van der Waals surface area contributed by atoms with Crippen molar-refractivity contribution in [3.8, 4) is 0 Å². The zero-order chi connectivity index (χ0) is 12.0. The molecule has 0 aliphatic carbocycles. The molecule has 6 nitrogen and oxygen atoms in total. The van der Waals surface area contributed by atoms with Crippen LogP contribution in [-0.2, 0) is 28.6 Å². The first-order chi connectivity index (χ1) is 7.30. The molecule has 0 spiro atoms. The summed E-state index contributed by atoms with van der Waals surface area (Å²) >= 11 is 0. The van der Waals surface area contributed by atoms with E-state index >= 15 is 0 Å². The van der Waals surface area contributed by atoms with Crippen LogP contribution in [0.4, 0.5) is 0 Å². The Balaban J connectivity index is 1.98. The van der Waals surface area contributed by atoms with Crippen LogP contribution in [0.2, 0.25) is 0 Å². The van der Waals surface area contributed by atoms with Gasteiger partial charge in [0.15, 0.2) is 0 Å². The third kappa shape index (κ3) is 2.39. The lowest BCUT2D eigenvalue weighted by Gasteiger charge is -2.14. The molecule has 3 unspecified atom stereocenters. The highest BCUT2D eigenvalue weighted by Gasteiger charge is 2.41. The molecule has 0 aromatic carbocycles. The molecule has 0 aromatic heterocycles. The Morgan fingerprint density at radius 1 is 1.12 bits per heavy atom. The molecule has 2 saturated heterocycles. The minimum Gasteiger partial charge on any atom is -0.270 e. The average Bonchev–Trinajstić information content (AvgIpc) is 2.61. The Hall–Kier alpha value is -0.180. The molecule has 0 amide bonds. The molecule has 8 heteroatoms. The first-order valence-corrected chi connectivity index (χ1v) is 8.10. The van der Waals surface area contributed by atoms with Crippen molar-refractivity contribution in [1.29, 1.82) is 0 Å². The highest BCUT2D eigenvalue weighted by atomic mass is 32.2. The first kappa shape index (κ1) is 12.3. The lowest BCUT2D eigenvalue weighted by molar-refractivity contribution is 0.249. The van der Waals surface area contributed by atoms with Crippen LogP contribution in [0.1, 0.15) is 13.3 Å². The summed E-state index contributed by atoms with van der Waals surface area (Å²) in [4.78, 5) is 0. The summed E-state index contributed by atoms with van der Waals surface area (Å²) in [6, 6.07) is 0. The highest BCUT2D eigenvalue weighted by Crippen LogP contribution is 2.31. The molecule has 0 saturated carbocycles. The van der Waals surface area contributed by atoms with Gasteiger partial charge >= 0.3 is 0 Å². The maximum absolute atomic E-state index is 11.3. The Labute approximate surface area is 95.2 Å². The summed E-state index contributed by atoms with van der Waals surface area (Å²) in [7, 11) is -6.81. The molecule has 2 fully saturated rings. The van der Waals surface area contributed by atoms with Crippen molar-refractivity contribution in [3.63, 3.8) is 0 Å². The largest absolute Gasteiger partial charge is 0.270 e. The molecular weight excluding hydrogens is 256 g/mol. The van der Waals surface area contributed by atoms with Gasteiger partial charge in [0.1, 0.15) is 0 Å². The zero-order valence-corrected chi connectivity index (χ0v) is 10.5. The Morgan fingerprint density at radius 3 is 2.25 bits per heavy atom. The summed E-state index contributed by atoms with van der Waals surface area (Å²) < 4.78 is 54.0. The predicted octanol–water partition coefficient (Wildman–Crippen LogP) is -0.283. The van der Waals surface area contributed by atoms with Crippen LogP contribution >= 0.6 is 0 Å². The SMILES string of the molecule is CC1C(CC2COS(=O)(=O)C2)COS1(=O)=O. The molecule has 3 atom stereocenters. The summed E-state index contributed by atoms with van der Waals surface area (Å²) in [5.74, 6) is -0.266. The zero-order valence-electron chi connectivity index (χ0n) is 8.83. The molecule has 0 bridgehead atoms. The molecule has 94 valence electrons. The molecule has 0 radical (unpaired) electrons. The van der Waals surface area contributed by atoms with E-state index in [-0.39, 0.29) is 30.8 Å². The summed E-state index contributed by atoms with van der Waals surface area (Å²) in [5.41, 5.74) is 0. The molecule has 2 heterocycles. The lowest BCUT2D eigenvalue weighted by Crippen LogP contribution is -2.22. The molecular formula is C8H14O6S2. The van der Waals surface area contributed by atoms with E-state index in [1.54, 1.807) is 6.92 Å². The fraction of sp³-hybridized carbons (Fsp3) is 1.00. The summed E-state index contributed by atoms with van der Waals surface area (Å²) in [6.07, 6.45) is 0.514. The molecule has 0 aromatic rings. The van der Waals surface area contributed by atoms with Crippen LogP contribution in [0.5, 0.6) is 0 Å². The lowest BCUT2D eigenvalue weighted by atomic mass is 9.94. The summed E-state index contributed by atoms with van der Waals surface area (Å²) in [6.45, 7) is 1.91. The van der Waals surface area contributed by atoms with E-state index in [4.69, 9.17) is 4.18 Å². The van der Waals surface area contributed by atoms with E-state index in [1.807, 2.05) is 0 Å². The van der Waals surface area contributed by atoms with Crippen LogP contribution in [0.25, 0.3) is 0 Å². The number of hydrogen-bond donors (Lipinski definition) is 0. The fourth-order valence-electron chi connectivity index (χ4n) is 2.07. The number of hydrogen-bond acceptors (Lipinski definition) is 6. The minimum atomic E-state index is -3.43. The van der Waals surface area contributed by atoms with Crippen LogP contribution in [-0.4, -0.2) is 41.1 Å². The third-order valence-corrected chi connectivity index (χ3v) is 6.26. The second-order valence-electron chi connectivity index (χ2n) is 4.35. The average molecular weight is 270 g/mol. The van der Waals surface area contributed by atoms with Crippen molar-refractivity contribution in [2.45, 2.75) is 18.6 Å². The molecule has 16 heavy (non-hydrogen) atoms. The minimum absolute atomic E-state index is 0.0176. The van der Waals surface area contributed by atoms with Gasteiger partial charge in [0.2, 0.25) is 0 Å². The topological polar surface area (TPSA) is 86.7 Å². The molecule has 0 N–H and O–H groups in total. The van der Waals surface area contributed by atoms with Crippen LogP contribution in [0, 0.1) is 11.8 Å². The first-order valence-electron chi connectivity index (χ1n) is 5.05. The van der Waals surface area contributed by atoms with Gasteiger partial charge in [-0.05, 0) is 13.3 Å². The number of rotatable bonds is 2. The van der Waals surface area contributed by atoms with Gasteiger partial charge in [0, 0.05) is 11.8 Å². The van der Waals surface area contributed by atoms with Crippen LogP contribution in [0.3, 0.4) is 0 Å². The fourth-order valence-corrected chi connectivity index (χ4v) is 4.62. The molecule has 2 rings (SSSR count). The van der Waals surface area contributed by atoms with Crippen molar-refractivity contribution in [2.24, 2.45) is 11.8 Å². The normalized spacial score (nSPS) is 41.2. The Bertz CT molecular complexity index is 465. The van der Waals surface area contributed by atoms with E-state index in [9.17, 15) is 16.8 Å². The highest BCUT2D eigenvalue weighted by molar-refractivity contribution is 7.87. The van der Waals surface area contributed by atoms with E-state index in [0.717, 1.165) is 0 Å². The molecule has 2 aliphatic rings. The second kappa shape index (κ2) is 3.94. The van der Waals surface area contributed by atoms with E-state index in [0.29, 0.717) is 6.42 Å². The molecule has 2 aliphatic heterocycles. The van der Waals surface area contributed by atoms with E-state index < -0.39 is 25.5 Å². The maximum Gasteiger partial charge on any atom is 0.270 e. The van der Waals surface area contributed by atoms with Crippen molar-refractivity contribution in [1.82, 2.24) is 0 Å². The van der Waals surface area contributed by atoms with Gasteiger partial charge < -0.3 is 0 Å². The van der Waals surface area contributed by atoms with Gasteiger partial charge in [0.25, 0.3) is 20.2 Å². The van der Waals surface area contributed by atoms with E-state index in [2.05, 4.69) is 4.18 Å². The van der Waals surface area contributed by atoms with Gasteiger partial charge in [-0.3, -0.25) is 8.37 Å². The van der Waals surface area contributed by atoms with Gasteiger partial charge in [-0.25, -0.2) is 0 Å². The van der Waals surface area contributed by atoms with Crippen molar-refractivity contribution < 1.29 is 25.2 Å². The summed E-state index contributed by atoms with van der Waals surface area (Å²) in [5, 5.41) is -0.559. The van der Waals surface area contributed by atoms with Crippen molar-refractivity contribution in [3.05, 3.63) is 0 Å². The van der Waals surface area contributed by atoms with Crippen LogP contribution < -0.4 is 0 Å². The van der Waals surface area contributed by atoms with Crippen LogP contribution in [0.15, 0.2) is 0 Å². The van der Waals surface area contributed by atoms with Gasteiger partial charge in [0.05, 0.1) is 24.2 Å². The van der Waals surface area contributed by atoms with E-state index in [1.165, 1.54) is 0 Å². The second-order valence-corrected chi connectivity index (χ2v) is 8.00. The standard InChI is InChI=1S/C8H14O6S2/c1-6-8(4-14-16(6,11)12)2-7-3-13-15(9,10)5-7/h6-8H,2-5H2,1H3. The Morgan fingerprint density at radius 2 is 1.81 bits per heavy atom.